The number of alkyl halides is 3. The largest absolute Gasteiger partial charge is 0.491 e. The zero-order valence-electron chi connectivity index (χ0n) is 16.1. The molecule has 1 aliphatic heterocycles. The second-order valence-corrected chi connectivity index (χ2v) is 7.47. The molecular formula is C19H17F3N6O3. The molecule has 1 saturated carbocycles. The fourth-order valence-electron chi connectivity index (χ4n) is 3.52. The zero-order chi connectivity index (χ0) is 21.8. The number of fused-ring (bicyclic) bond motifs is 3. The number of rotatable bonds is 5. The van der Waals surface area contributed by atoms with Crippen LogP contribution in [0.1, 0.15) is 12.8 Å². The molecule has 2 aromatic heterocycles. The van der Waals surface area contributed by atoms with Gasteiger partial charge in [-0.2, -0.15) is 18.3 Å². The van der Waals surface area contributed by atoms with Gasteiger partial charge in [0, 0.05) is 25.1 Å². The van der Waals surface area contributed by atoms with E-state index >= 15 is 0 Å². The van der Waals surface area contributed by atoms with Crippen molar-refractivity contribution in [3.8, 4) is 34.4 Å². The molecule has 2 aliphatic rings. The molecule has 0 saturated heterocycles. The standard InChI is InChI=1S/C19H17F3N6O3/c20-19(21,22)9-28-16(24-10-25-28)13-8-27-5-6-30-14-7-11(1-2-12(14)15(27)26-13)31-18(3-4-18)17(23)29/h1-2,7-8,10H,3-6,9H2,(H2,23,29). The second-order valence-electron chi connectivity index (χ2n) is 7.47. The summed E-state index contributed by atoms with van der Waals surface area (Å²) in [6, 6.07) is 5.08. The van der Waals surface area contributed by atoms with Crippen LogP contribution in [0.3, 0.4) is 0 Å². The van der Waals surface area contributed by atoms with E-state index in [1.165, 1.54) is 0 Å². The highest BCUT2D eigenvalue weighted by atomic mass is 19.4. The Bertz CT molecular complexity index is 1170. The minimum Gasteiger partial charge on any atom is -0.491 e. The first-order valence-electron chi connectivity index (χ1n) is 9.52. The van der Waals surface area contributed by atoms with Crippen molar-refractivity contribution in [2.45, 2.75) is 37.7 Å². The number of ether oxygens (including phenoxy) is 2. The number of imidazole rings is 1. The third-order valence-corrected chi connectivity index (χ3v) is 5.20. The van der Waals surface area contributed by atoms with Gasteiger partial charge in [-0.15, -0.1) is 0 Å². The van der Waals surface area contributed by atoms with Crippen molar-refractivity contribution in [3.63, 3.8) is 0 Å². The molecule has 3 heterocycles. The van der Waals surface area contributed by atoms with Crippen LogP contribution in [-0.2, 0) is 17.9 Å². The lowest BCUT2D eigenvalue weighted by molar-refractivity contribution is -0.142. The van der Waals surface area contributed by atoms with Crippen LogP contribution < -0.4 is 15.2 Å². The van der Waals surface area contributed by atoms with Gasteiger partial charge in [0.2, 0.25) is 0 Å². The van der Waals surface area contributed by atoms with Crippen LogP contribution in [0.15, 0.2) is 30.7 Å². The molecule has 0 spiro atoms. The van der Waals surface area contributed by atoms with Crippen LogP contribution in [-0.4, -0.2) is 48.6 Å². The van der Waals surface area contributed by atoms with Crippen molar-refractivity contribution >= 4 is 5.91 Å². The quantitative estimate of drug-likeness (QED) is 0.659. The van der Waals surface area contributed by atoms with E-state index < -0.39 is 24.2 Å². The summed E-state index contributed by atoms with van der Waals surface area (Å²) in [5.74, 6) is 0.973. The number of hydrogen-bond donors (Lipinski definition) is 1. The Morgan fingerprint density at radius 3 is 2.81 bits per heavy atom. The van der Waals surface area contributed by atoms with E-state index in [2.05, 4.69) is 15.1 Å². The van der Waals surface area contributed by atoms with Gasteiger partial charge in [-0.25, -0.2) is 14.6 Å². The van der Waals surface area contributed by atoms with E-state index in [4.69, 9.17) is 15.2 Å². The Morgan fingerprint density at radius 2 is 2.10 bits per heavy atom. The molecule has 1 amide bonds. The normalized spacial score (nSPS) is 16.6. The number of benzene rings is 1. The van der Waals surface area contributed by atoms with E-state index in [1.807, 2.05) is 0 Å². The van der Waals surface area contributed by atoms with Crippen LogP contribution in [0.25, 0.3) is 22.9 Å². The van der Waals surface area contributed by atoms with Crippen LogP contribution in [0.2, 0.25) is 0 Å². The van der Waals surface area contributed by atoms with E-state index in [1.54, 1.807) is 29.0 Å². The lowest BCUT2D eigenvalue weighted by Crippen LogP contribution is -2.35. The molecule has 31 heavy (non-hydrogen) atoms. The highest BCUT2D eigenvalue weighted by Gasteiger charge is 2.51. The van der Waals surface area contributed by atoms with E-state index in [9.17, 15) is 18.0 Å². The number of nitrogens with zero attached hydrogens (tertiary/aromatic N) is 5. The number of aromatic nitrogens is 5. The number of halogens is 3. The third kappa shape index (κ3) is 3.57. The Hall–Kier alpha value is -3.57. The van der Waals surface area contributed by atoms with E-state index in [0.717, 1.165) is 11.0 Å². The Balaban J connectivity index is 1.48. The monoisotopic (exact) mass is 434 g/mol. The lowest BCUT2D eigenvalue weighted by Gasteiger charge is -2.16. The fourth-order valence-corrected chi connectivity index (χ4v) is 3.52. The van der Waals surface area contributed by atoms with Crippen molar-refractivity contribution in [2.24, 2.45) is 5.73 Å². The molecular weight excluding hydrogens is 417 g/mol. The maximum Gasteiger partial charge on any atom is 0.408 e. The molecule has 162 valence electrons. The summed E-state index contributed by atoms with van der Waals surface area (Å²) in [5, 5.41) is 3.67. The van der Waals surface area contributed by atoms with Gasteiger partial charge in [-0.05, 0) is 12.1 Å². The molecule has 5 rings (SSSR count). The fraction of sp³-hybridized carbons (Fsp3) is 0.368. The molecule has 9 nitrogen and oxygen atoms in total. The van der Waals surface area contributed by atoms with Gasteiger partial charge >= 0.3 is 6.18 Å². The molecule has 12 heteroatoms. The topological polar surface area (TPSA) is 110 Å². The maximum absolute atomic E-state index is 12.8. The molecule has 1 fully saturated rings. The molecule has 0 bridgehead atoms. The molecule has 0 unspecified atom stereocenters. The first-order chi connectivity index (χ1) is 14.7. The Kier molecular flexibility index (Phi) is 4.21. The smallest absolute Gasteiger partial charge is 0.408 e. The summed E-state index contributed by atoms with van der Waals surface area (Å²) in [7, 11) is 0. The van der Waals surface area contributed by atoms with Gasteiger partial charge in [-0.1, -0.05) is 0 Å². The number of carbonyl (C=O) groups excluding carboxylic acids is 1. The van der Waals surface area contributed by atoms with Crippen molar-refractivity contribution in [1.82, 2.24) is 24.3 Å². The Morgan fingerprint density at radius 1 is 1.29 bits per heavy atom. The van der Waals surface area contributed by atoms with Gasteiger partial charge in [0.05, 0.1) is 12.1 Å². The number of amides is 1. The summed E-state index contributed by atoms with van der Waals surface area (Å²) in [6.45, 7) is -0.506. The van der Waals surface area contributed by atoms with Crippen LogP contribution in [0.5, 0.6) is 11.5 Å². The average Bonchev–Trinajstić information content (AvgIpc) is 3.21. The summed E-state index contributed by atoms with van der Waals surface area (Å²) in [4.78, 5) is 20.1. The predicted molar refractivity (Wildman–Crippen MR) is 100 cm³/mol. The molecule has 2 N–H and O–H groups in total. The van der Waals surface area contributed by atoms with Gasteiger partial charge in [-0.3, -0.25) is 4.79 Å². The molecule has 0 radical (unpaired) electrons. The van der Waals surface area contributed by atoms with Crippen LogP contribution in [0.4, 0.5) is 13.2 Å². The average molecular weight is 434 g/mol. The first kappa shape index (κ1) is 19.4. The highest BCUT2D eigenvalue weighted by Crippen LogP contribution is 2.42. The minimum atomic E-state index is -4.43. The zero-order valence-corrected chi connectivity index (χ0v) is 16.1. The summed E-state index contributed by atoms with van der Waals surface area (Å²) >= 11 is 0. The Labute approximate surface area is 173 Å². The van der Waals surface area contributed by atoms with E-state index in [-0.39, 0.29) is 11.5 Å². The molecule has 1 aromatic carbocycles. The van der Waals surface area contributed by atoms with E-state index in [0.29, 0.717) is 48.9 Å². The number of hydrogen-bond acceptors (Lipinski definition) is 6. The van der Waals surface area contributed by atoms with Gasteiger partial charge < -0.3 is 19.8 Å². The van der Waals surface area contributed by atoms with Crippen molar-refractivity contribution in [2.75, 3.05) is 6.61 Å². The third-order valence-electron chi connectivity index (χ3n) is 5.20. The SMILES string of the molecule is NC(=O)C1(Oc2ccc3c(c2)OCCn2cc(-c4ncnn4CC(F)(F)F)nc2-3)CC1. The second kappa shape index (κ2) is 6.72. The van der Waals surface area contributed by atoms with Crippen LogP contribution in [0, 0.1) is 0 Å². The predicted octanol–water partition coefficient (Wildman–Crippen LogP) is 2.16. The molecule has 0 atom stereocenters. The van der Waals surface area contributed by atoms with Gasteiger partial charge in [0.1, 0.15) is 42.5 Å². The van der Waals surface area contributed by atoms with Crippen molar-refractivity contribution < 1.29 is 27.4 Å². The maximum atomic E-state index is 12.8. The number of carbonyl (C=O) groups is 1. The number of primary amides is 1. The molecule has 1 aliphatic carbocycles. The van der Waals surface area contributed by atoms with Crippen molar-refractivity contribution in [1.29, 1.82) is 0 Å². The summed E-state index contributed by atoms with van der Waals surface area (Å²) in [6.07, 6.45) is -0.612. The minimum absolute atomic E-state index is 0.0254. The summed E-state index contributed by atoms with van der Waals surface area (Å²) < 4.78 is 52.6. The summed E-state index contributed by atoms with van der Waals surface area (Å²) in [5.41, 5.74) is 5.36. The first-order valence-corrected chi connectivity index (χ1v) is 9.52. The lowest BCUT2D eigenvalue weighted by atomic mass is 10.1. The number of nitrogens with two attached hydrogens (primary N) is 1. The van der Waals surface area contributed by atoms with Crippen molar-refractivity contribution in [3.05, 3.63) is 30.7 Å². The van der Waals surface area contributed by atoms with Crippen LogP contribution >= 0.6 is 0 Å². The van der Waals surface area contributed by atoms with Gasteiger partial charge in [0.15, 0.2) is 11.4 Å². The van der Waals surface area contributed by atoms with Gasteiger partial charge in [0.25, 0.3) is 5.91 Å². The highest BCUT2D eigenvalue weighted by molar-refractivity contribution is 5.87. The molecule has 3 aromatic rings.